The van der Waals surface area contributed by atoms with Gasteiger partial charge in [0.15, 0.2) is 0 Å². The number of amides is 1. The zero-order valence-corrected chi connectivity index (χ0v) is 16.6. The van der Waals surface area contributed by atoms with E-state index in [1.54, 1.807) is 35.4 Å². The van der Waals surface area contributed by atoms with E-state index in [0.717, 1.165) is 10.1 Å². The van der Waals surface area contributed by atoms with Gasteiger partial charge in [0.25, 0.3) is 5.91 Å². The van der Waals surface area contributed by atoms with E-state index in [4.69, 9.17) is 5.26 Å². The molecule has 0 atom stereocenters. The molecule has 28 heavy (non-hydrogen) atoms. The molecule has 0 spiro atoms. The van der Waals surface area contributed by atoms with Crippen molar-refractivity contribution in [2.45, 2.75) is 4.90 Å². The monoisotopic (exact) mass is 399 g/mol. The van der Waals surface area contributed by atoms with E-state index in [2.05, 4.69) is 11.1 Å². The van der Waals surface area contributed by atoms with Crippen molar-refractivity contribution in [2.75, 3.05) is 45.2 Å². The van der Waals surface area contributed by atoms with Crippen molar-refractivity contribution in [3.05, 3.63) is 53.7 Å². The van der Waals surface area contributed by atoms with Crippen LogP contribution in [0.5, 0.6) is 0 Å². The maximum Gasteiger partial charge on any atom is 0.253 e. The Morgan fingerprint density at radius 2 is 1.75 bits per heavy atom. The van der Waals surface area contributed by atoms with Gasteiger partial charge in [-0.15, -0.1) is 0 Å². The lowest BCUT2D eigenvalue weighted by molar-refractivity contribution is 0.0746. The number of hydrogen-bond donors (Lipinski definition) is 0. The second kappa shape index (κ2) is 7.96. The van der Waals surface area contributed by atoms with Crippen LogP contribution in [0.1, 0.15) is 15.9 Å². The summed E-state index contributed by atoms with van der Waals surface area (Å²) in [6.07, 6.45) is 1.61. The van der Waals surface area contributed by atoms with Crippen LogP contribution in [0.4, 0.5) is 5.82 Å². The van der Waals surface area contributed by atoms with Gasteiger partial charge in [0.1, 0.15) is 5.82 Å². The Hall–Kier alpha value is -2.96. The lowest BCUT2D eigenvalue weighted by Gasteiger charge is -2.35. The largest absolute Gasteiger partial charge is 0.353 e. The highest BCUT2D eigenvalue weighted by Crippen LogP contribution is 2.18. The van der Waals surface area contributed by atoms with Gasteiger partial charge < -0.3 is 9.80 Å². The third-order valence-corrected chi connectivity index (χ3v) is 6.47. The van der Waals surface area contributed by atoms with E-state index >= 15 is 0 Å². The van der Waals surface area contributed by atoms with Crippen LogP contribution in [-0.2, 0) is 10.0 Å². The quantitative estimate of drug-likeness (QED) is 0.765. The van der Waals surface area contributed by atoms with E-state index < -0.39 is 10.0 Å². The number of anilines is 1. The summed E-state index contributed by atoms with van der Waals surface area (Å²) in [7, 11) is -0.581. The first-order valence-corrected chi connectivity index (χ1v) is 10.2. The Morgan fingerprint density at radius 3 is 2.32 bits per heavy atom. The first-order chi connectivity index (χ1) is 13.3. The van der Waals surface area contributed by atoms with Gasteiger partial charge in [-0.3, -0.25) is 4.79 Å². The molecule has 2 aromatic rings. The molecule has 0 unspecified atom stereocenters. The predicted octanol–water partition coefficient (Wildman–Crippen LogP) is 1.17. The molecule has 2 heterocycles. The van der Waals surface area contributed by atoms with Crippen molar-refractivity contribution in [2.24, 2.45) is 0 Å². The summed E-state index contributed by atoms with van der Waals surface area (Å²) in [4.78, 5) is 21.0. The van der Waals surface area contributed by atoms with E-state index in [1.165, 1.54) is 26.2 Å². The molecule has 1 fully saturated rings. The molecule has 146 valence electrons. The summed E-state index contributed by atoms with van der Waals surface area (Å²) < 4.78 is 25.4. The minimum atomic E-state index is -3.52. The zero-order valence-electron chi connectivity index (χ0n) is 15.7. The standard InChI is InChI=1S/C19H21N5O3S/c1-22(2)28(26,27)17-5-3-16(4-6-17)19(25)24-11-9-23(10-12-24)18-13-15(14-20)7-8-21-18/h3-8,13H,9-12H2,1-2H3. The molecule has 9 heteroatoms. The smallest absolute Gasteiger partial charge is 0.253 e. The number of nitrogens with zero attached hydrogens (tertiary/aromatic N) is 5. The first kappa shape index (κ1) is 19.8. The molecule has 0 N–H and O–H groups in total. The van der Waals surface area contributed by atoms with Gasteiger partial charge in [0.05, 0.1) is 16.5 Å². The molecule has 1 aromatic heterocycles. The Bertz CT molecular complexity index is 1000. The number of hydrogen-bond acceptors (Lipinski definition) is 6. The van der Waals surface area contributed by atoms with Crippen molar-refractivity contribution >= 4 is 21.7 Å². The Morgan fingerprint density at radius 1 is 1.11 bits per heavy atom. The van der Waals surface area contributed by atoms with E-state index in [0.29, 0.717) is 37.3 Å². The Labute approximate surface area is 164 Å². The number of pyridine rings is 1. The van der Waals surface area contributed by atoms with Crippen LogP contribution in [0.2, 0.25) is 0 Å². The van der Waals surface area contributed by atoms with Crippen LogP contribution >= 0.6 is 0 Å². The molecule has 1 aliphatic rings. The highest BCUT2D eigenvalue weighted by Gasteiger charge is 2.24. The van der Waals surface area contributed by atoms with Crippen molar-refractivity contribution in [3.8, 4) is 6.07 Å². The molecule has 1 saturated heterocycles. The van der Waals surface area contributed by atoms with Crippen LogP contribution in [0.25, 0.3) is 0 Å². The molecular weight excluding hydrogens is 378 g/mol. The van der Waals surface area contributed by atoms with Crippen LogP contribution in [0, 0.1) is 11.3 Å². The molecular formula is C19H21N5O3S. The van der Waals surface area contributed by atoms with E-state index in [9.17, 15) is 13.2 Å². The van der Waals surface area contributed by atoms with E-state index in [1.807, 2.05) is 4.90 Å². The number of benzene rings is 1. The van der Waals surface area contributed by atoms with Crippen LogP contribution in [0.3, 0.4) is 0 Å². The van der Waals surface area contributed by atoms with Crippen LogP contribution in [0.15, 0.2) is 47.5 Å². The summed E-state index contributed by atoms with van der Waals surface area (Å²) in [6, 6.07) is 11.5. The van der Waals surface area contributed by atoms with Crippen molar-refractivity contribution in [1.29, 1.82) is 5.26 Å². The van der Waals surface area contributed by atoms with Crippen LogP contribution < -0.4 is 4.90 Å². The van der Waals surface area contributed by atoms with E-state index in [-0.39, 0.29) is 10.8 Å². The number of sulfonamides is 1. The van der Waals surface area contributed by atoms with Crippen LogP contribution in [-0.4, -0.2) is 68.8 Å². The Kier molecular flexibility index (Phi) is 5.63. The maximum atomic E-state index is 12.7. The number of nitriles is 1. The number of carbonyl (C=O) groups is 1. The topological polar surface area (TPSA) is 97.6 Å². The van der Waals surface area contributed by atoms with Gasteiger partial charge in [0.2, 0.25) is 10.0 Å². The van der Waals surface area contributed by atoms with Gasteiger partial charge in [-0.2, -0.15) is 5.26 Å². The highest BCUT2D eigenvalue weighted by molar-refractivity contribution is 7.89. The second-order valence-corrected chi connectivity index (χ2v) is 8.76. The highest BCUT2D eigenvalue weighted by atomic mass is 32.2. The number of rotatable bonds is 4. The van der Waals surface area contributed by atoms with Crippen molar-refractivity contribution in [1.82, 2.24) is 14.2 Å². The maximum absolute atomic E-state index is 12.7. The summed E-state index contributed by atoms with van der Waals surface area (Å²) in [5.41, 5.74) is 1.01. The minimum Gasteiger partial charge on any atom is -0.353 e. The lowest BCUT2D eigenvalue weighted by Crippen LogP contribution is -2.49. The molecule has 0 saturated carbocycles. The fourth-order valence-electron chi connectivity index (χ4n) is 2.96. The fourth-order valence-corrected chi connectivity index (χ4v) is 3.86. The molecule has 0 radical (unpaired) electrons. The molecule has 1 aliphatic heterocycles. The normalized spacial score (nSPS) is 14.8. The summed E-state index contributed by atoms with van der Waals surface area (Å²) in [5.74, 6) is 0.594. The van der Waals surface area contributed by atoms with Gasteiger partial charge in [-0.1, -0.05) is 0 Å². The lowest BCUT2D eigenvalue weighted by atomic mass is 10.2. The van der Waals surface area contributed by atoms with Gasteiger partial charge in [-0.25, -0.2) is 17.7 Å². The van der Waals surface area contributed by atoms with Crippen molar-refractivity contribution in [3.63, 3.8) is 0 Å². The summed E-state index contributed by atoms with van der Waals surface area (Å²) in [6.45, 7) is 2.27. The molecule has 0 bridgehead atoms. The third-order valence-electron chi connectivity index (χ3n) is 4.65. The molecule has 1 amide bonds. The molecule has 8 nitrogen and oxygen atoms in total. The number of piperazine rings is 1. The summed E-state index contributed by atoms with van der Waals surface area (Å²) >= 11 is 0. The summed E-state index contributed by atoms with van der Waals surface area (Å²) in [5, 5.41) is 9.01. The molecule has 1 aromatic carbocycles. The second-order valence-electron chi connectivity index (χ2n) is 6.61. The number of carbonyl (C=O) groups excluding carboxylic acids is 1. The Balaban J connectivity index is 1.66. The minimum absolute atomic E-state index is 0.132. The fraction of sp³-hybridized carbons (Fsp3) is 0.316. The zero-order chi connectivity index (χ0) is 20.3. The SMILES string of the molecule is CN(C)S(=O)(=O)c1ccc(C(=O)N2CCN(c3cc(C#N)ccn3)CC2)cc1. The number of aromatic nitrogens is 1. The molecule has 3 rings (SSSR count). The van der Waals surface area contributed by atoms with Gasteiger partial charge >= 0.3 is 0 Å². The van der Waals surface area contributed by atoms with Crippen molar-refractivity contribution < 1.29 is 13.2 Å². The van der Waals surface area contributed by atoms with Gasteiger partial charge in [0, 0.05) is 52.0 Å². The molecule has 0 aliphatic carbocycles. The first-order valence-electron chi connectivity index (χ1n) is 8.76. The average molecular weight is 399 g/mol. The van der Waals surface area contributed by atoms with Gasteiger partial charge in [-0.05, 0) is 36.4 Å². The average Bonchev–Trinajstić information content (AvgIpc) is 2.73. The third kappa shape index (κ3) is 3.98. The predicted molar refractivity (Wildman–Crippen MR) is 104 cm³/mol.